The molecule has 0 saturated carbocycles. The van der Waals surface area contributed by atoms with Crippen LogP contribution < -0.4 is 10.3 Å². The van der Waals surface area contributed by atoms with Crippen LogP contribution in [0, 0.1) is 0 Å². The number of nitrogens with one attached hydrogen (secondary N) is 1. The average molecular weight is 399 g/mol. The Morgan fingerprint density at radius 1 is 1.14 bits per heavy atom. The molecule has 1 heterocycles. The first-order valence-corrected chi connectivity index (χ1v) is 9.64. The van der Waals surface area contributed by atoms with Crippen LogP contribution in [0.2, 0.25) is 5.02 Å². The molecule has 0 unspecified atom stereocenters. The number of unbranched alkanes of at least 4 members (excludes halogenated alkanes) is 1. The van der Waals surface area contributed by atoms with Gasteiger partial charge in [0.15, 0.2) is 0 Å². The lowest BCUT2D eigenvalue weighted by atomic mass is 10.1. The molecule has 28 heavy (non-hydrogen) atoms. The van der Waals surface area contributed by atoms with Crippen molar-refractivity contribution in [2.75, 3.05) is 13.7 Å². The van der Waals surface area contributed by atoms with E-state index in [0.717, 1.165) is 18.2 Å². The van der Waals surface area contributed by atoms with E-state index in [0.29, 0.717) is 34.0 Å². The molecule has 0 bridgehead atoms. The van der Waals surface area contributed by atoms with Crippen LogP contribution in [0.5, 0.6) is 5.75 Å². The van der Waals surface area contributed by atoms with Gasteiger partial charge in [-0.25, -0.2) is 0 Å². The molecule has 6 heteroatoms. The highest BCUT2D eigenvalue weighted by atomic mass is 35.5. The third kappa shape index (κ3) is 4.54. The molecular weight excluding hydrogens is 376 g/mol. The summed E-state index contributed by atoms with van der Waals surface area (Å²) in [5.74, 6) is 0.567. The van der Waals surface area contributed by atoms with Crippen molar-refractivity contribution in [2.24, 2.45) is 0 Å². The molecule has 2 aromatic carbocycles. The highest BCUT2D eigenvalue weighted by molar-refractivity contribution is 6.30. The number of pyridine rings is 1. The largest absolute Gasteiger partial charge is 0.497 e. The van der Waals surface area contributed by atoms with E-state index in [9.17, 15) is 9.59 Å². The zero-order chi connectivity index (χ0) is 20.1. The van der Waals surface area contributed by atoms with E-state index in [2.05, 4.69) is 11.9 Å². The summed E-state index contributed by atoms with van der Waals surface area (Å²) >= 11 is 5.93. The molecule has 1 aromatic heterocycles. The minimum Gasteiger partial charge on any atom is -0.497 e. The van der Waals surface area contributed by atoms with E-state index in [-0.39, 0.29) is 18.0 Å². The van der Waals surface area contributed by atoms with Gasteiger partial charge in [-0.05, 0) is 54.3 Å². The Morgan fingerprint density at radius 3 is 2.57 bits per heavy atom. The van der Waals surface area contributed by atoms with Crippen molar-refractivity contribution in [2.45, 2.75) is 26.3 Å². The lowest BCUT2D eigenvalue weighted by Crippen LogP contribution is -2.33. The topological polar surface area (TPSA) is 62.4 Å². The highest BCUT2D eigenvalue weighted by Crippen LogP contribution is 2.20. The van der Waals surface area contributed by atoms with E-state index < -0.39 is 0 Å². The van der Waals surface area contributed by atoms with E-state index in [4.69, 9.17) is 16.3 Å². The molecule has 1 amide bonds. The number of rotatable bonds is 7. The smallest absolute Gasteiger partial charge is 0.254 e. The minimum atomic E-state index is -0.203. The summed E-state index contributed by atoms with van der Waals surface area (Å²) in [6, 6.07) is 14.2. The number of aromatic amines is 1. The molecule has 1 N–H and O–H groups in total. The first kappa shape index (κ1) is 20.0. The van der Waals surface area contributed by atoms with Crippen molar-refractivity contribution in [1.82, 2.24) is 9.88 Å². The Balaban J connectivity index is 1.91. The number of amides is 1. The Morgan fingerprint density at radius 2 is 1.89 bits per heavy atom. The summed E-state index contributed by atoms with van der Waals surface area (Å²) in [6.45, 7) is 2.90. The van der Waals surface area contributed by atoms with Crippen LogP contribution in [0.3, 0.4) is 0 Å². The lowest BCUT2D eigenvalue weighted by molar-refractivity contribution is 0.0740. The molecule has 0 radical (unpaired) electrons. The van der Waals surface area contributed by atoms with E-state index >= 15 is 0 Å². The number of nitrogens with zero attached hydrogens (tertiary/aromatic N) is 1. The summed E-state index contributed by atoms with van der Waals surface area (Å²) < 4.78 is 5.21. The van der Waals surface area contributed by atoms with Gasteiger partial charge in [0.1, 0.15) is 5.75 Å². The fourth-order valence-corrected chi connectivity index (χ4v) is 3.18. The van der Waals surface area contributed by atoms with Crippen molar-refractivity contribution in [3.05, 3.63) is 75.0 Å². The summed E-state index contributed by atoms with van der Waals surface area (Å²) in [6.07, 6.45) is 1.82. The van der Waals surface area contributed by atoms with Gasteiger partial charge in [-0.1, -0.05) is 24.9 Å². The number of H-pyrrole nitrogens is 1. The van der Waals surface area contributed by atoms with Gasteiger partial charge in [0, 0.05) is 28.8 Å². The van der Waals surface area contributed by atoms with Crippen LogP contribution >= 0.6 is 11.6 Å². The van der Waals surface area contributed by atoms with Gasteiger partial charge in [0.2, 0.25) is 0 Å². The van der Waals surface area contributed by atoms with Gasteiger partial charge < -0.3 is 14.6 Å². The molecular formula is C22H23ClN2O3. The second-order valence-electron chi connectivity index (χ2n) is 6.66. The number of ether oxygens (including phenoxy) is 1. The van der Waals surface area contributed by atoms with Crippen LogP contribution in [-0.4, -0.2) is 29.4 Å². The second-order valence-corrected chi connectivity index (χ2v) is 7.10. The average Bonchev–Trinajstić information content (AvgIpc) is 2.71. The van der Waals surface area contributed by atoms with Crippen molar-refractivity contribution in [3.63, 3.8) is 0 Å². The molecule has 0 fully saturated rings. The van der Waals surface area contributed by atoms with E-state index in [1.807, 2.05) is 18.2 Å². The molecule has 0 aliphatic rings. The highest BCUT2D eigenvalue weighted by Gasteiger charge is 2.17. The zero-order valence-electron chi connectivity index (χ0n) is 16.0. The molecule has 3 rings (SSSR count). The molecule has 5 nitrogen and oxygen atoms in total. The van der Waals surface area contributed by atoms with Gasteiger partial charge in [0.25, 0.3) is 11.5 Å². The Bertz CT molecular complexity index is 1030. The summed E-state index contributed by atoms with van der Waals surface area (Å²) in [5, 5.41) is 1.47. The fourth-order valence-electron chi connectivity index (χ4n) is 3.05. The zero-order valence-corrected chi connectivity index (χ0v) is 16.8. The third-order valence-corrected chi connectivity index (χ3v) is 4.90. The molecule has 3 aromatic rings. The maximum Gasteiger partial charge on any atom is 0.254 e. The first-order valence-electron chi connectivity index (χ1n) is 9.26. The number of benzene rings is 2. The normalized spacial score (nSPS) is 10.8. The van der Waals surface area contributed by atoms with Crippen molar-refractivity contribution >= 4 is 28.4 Å². The lowest BCUT2D eigenvalue weighted by Gasteiger charge is -2.22. The molecule has 0 atom stereocenters. The van der Waals surface area contributed by atoms with E-state index in [1.54, 1.807) is 42.3 Å². The summed E-state index contributed by atoms with van der Waals surface area (Å²) in [4.78, 5) is 30.2. The van der Waals surface area contributed by atoms with Crippen LogP contribution in [0.4, 0.5) is 0 Å². The standard InChI is InChI=1S/C22H23ClN2O3/c1-3-4-11-25(22(27)15-5-8-18(23)9-6-15)14-17-12-16-7-10-19(28-2)13-20(16)24-21(17)26/h5-10,12-13H,3-4,11,14H2,1-2H3,(H,24,26). The van der Waals surface area contributed by atoms with Crippen LogP contribution in [0.25, 0.3) is 10.9 Å². The number of carbonyl (C=O) groups excluding carboxylic acids is 1. The number of hydrogen-bond donors (Lipinski definition) is 1. The van der Waals surface area contributed by atoms with Crippen molar-refractivity contribution < 1.29 is 9.53 Å². The summed E-state index contributed by atoms with van der Waals surface area (Å²) in [5.41, 5.74) is 1.61. The Hall–Kier alpha value is -2.79. The number of halogens is 1. The maximum absolute atomic E-state index is 13.0. The Labute approximate surface area is 168 Å². The summed E-state index contributed by atoms with van der Waals surface area (Å²) in [7, 11) is 1.58. The molecule has 0 aliphatic heterocycles. The molecule has 0 aliphatic carbocycles. The van der Waals surface area contributed by atoms with Crippen LogP contribution in [0.15, 0.2) is 53.3 Å². The van der Waals surface area contributed by atoms with Crippen LogP contribution in [-0.2, 0) is 6.54 Å². The minimum absolute atomic E-state index is 0.112. The van der Waals surface area contributed by atoms with Gasteiger partial charge in [-0.3, -0.25) is 9.59 Å². The van der Waals surface area contributed by atoms with Gasteiger partial charge in [-0.2, -0.15) is 0 Å². The van der Waals surface area contributed by atoms with Gasteiger partial charge in [0.05, 0.1) is 19.2 Å². The number of hydrogen-bond acceptors (Lipinski definition) is 3. The van der Waals surface area contributed by atoms with Gasteiger partial charge in [-0.15, -0.1) is 0 Å². The van der Waals surface area contributed by atoms with Crippen molar-refractivity contribution in [1.29, 1.82) is 0 Å². The number of methoxy groups -OCH3 is 1. The second kappa shape index (κ2) is 8.93. The van der Waals surface area contributed by atoms with Crippen molar-refractivity contribution in [3.8, 4) is 5.75 Å². The number of fused-ring (bicyclic) bond motifs is 1. The molecule has 146 valence electrons. The molecule has 0 spiro atoms. The number of aromatic nitrogens is 1. The van der Waals surface area contributed by atoms with Gasteiger partial charge >= 0.3 is 0 Å². The molecule has 0 saturated heterocycles. The predicted octanol–water partition coefficient (Wildman–Crippen LogP) is 4.63. The SMILES string of the molecule is CCCCN(Cc1cc2ccc(OC)cc2[nH]c1=O)C(=O)c1ccc(Cl)cc1. The van der Waals surface area contributed by atoms with E-state index in [1.165, 1.54) is 0 Å². The third-order valence-electron chi connectivity index (χ3n) is 4.65. The maximum atomic E-state index is 13.0. The first-order chi connectivity index (χ1) is 13.5. The Kier molecular flexibility index (Phi) is 6.37. The quantitative estimate of drug-likeness (QED) is 0.631. The predicted molar refractivity (Wildman–Crippen MR) is 112 cm³/mol. The number of carbonyl (C=O) groups is 1. The monoisotopic (exact) mass is 398 g/mol. The fraction of sp³-hybridized carbons (Fsp3) is 0.273. The van der Waals surface area contributed by atoms with Crippen LogP contribution in [0.1, 0.15) is 35.7 Å².